The van der Waals surface area contributed by atoms with Crippen molar-refractivity contribution in [2.45, 2.75) is 274 Å². The number of carbonyl (C=O) groups excluding carboxylic acids is 1. The molecule has 14 nitrogen and oxygen atoms in total. The van der Waals surface area contributed by atoms with Gasteiger partial charge in [-0.1, -0.05) is 195 Å². The van der Waals surface area contributed by atoms with E-state index in [2.05, 4.69) is 92.1 Å². The largest absolute Gasteiger partial charge is 0.394 e. The van der Waals surface area contributed by atoms with Gasteiger partial charge in [0.25, 0.3) is 0 Å². The molecule has 2 aliphatic heterocycles. The summed E-state index contributed by atoms with van der Waals surface area (Å²) in [5.74, 6) is -0.271. The van der Waals surface area contributed by atoms with E-state index in [4.69, 9.17) is 18.9 Å². The van der Waals surface area contributed by atoms with E-state index in [9.17, 15) is 45.6 Å². The van der Waals surface area contributed by atoms with Gasteiger partial charge in [0.15, 0.2) is 12.6 Å². The number of allylic oxidation sites excluding steroid dienone is 13. The highest BCUT2D eigenvalue weighted by Crippen LogP contribution is 2.30. The molecule has 2 rings (SSSR count). The normalized spacial score (nSPS) is 25.7. The first-order valence-electron chi connectivity index (χ1n) is 29.3. The van der Waals surface area contributed by atoms with Crippen LogP contribution in [0.5, 0.6) is 0 Å². The molecule has 0 aliphatic carbocycles. The second kappa shape index (κ2) is 46.1. The zero-order valence-corrected chi connectivity index (χ0v) is 46.3. The minimum absolute atomic E-state index is 0.249. The minimum Gasteiger partial charge on any atom is -0.394 e. The summed E-state index contributed by atoms with van der Waals surface area (Å²) in [7, 11) is 0. The fourth-order valence-corrected chi connectivity index (χ4v) is 9.08. The Morgan fingerprint density at radius 3 is 1.47 bits per heavy atom. The van der Waals surface area contributed by atoms with Gasteiger partial charge >= 0.3 is 0 Å². The van der Waals surface area contributed by atoms with Gasteiger partial charge in [0.05, 0.1) is 32.0 Å². The maximum atomic E-state index is 13.2. The Morgan fingerprint density at radius 2 is 0.933 bits per heavy atom. The van der Waals surface area contributed by atoms with E-state index in [1.807, 2.05) is 6.08 Å². The average Bonchev–Trinajstić information content (AvgIpc) is 3.41. The van der Waals surface area contributed by atoms with Gasteiger partial charge in [0.1, 0.15) is 48.8 Å². The van der Waals surface area contributed by atoms with Gasteiger partial charge in [0.2, 0.25) is 5.91 Å². The van der Waals surface area contributed by atoms with E-state index < -0.39 is 86.8 Å². The number of nitrogens with one attached hydrogen (secondary N) is 1. The molecule has 14 heteroatoms. The number of hydrogen-bond acceptors (Lipinski definition) is 13. The second-order valence-electron chi connectivity index (χ2n) is 20.4. The lowest BCUT2D eigenvalue weighted by molar-refractivity contribution is -0.359. The van der Waals surface area contributed by atoms with Crippen LogP contribution in [0.4, 0.5) is 0 Å². The molecule has 2 fully saturated rings. The molecule has 0 radical (unpaired) electrons. The molecule has 2 saturated heterocycles. The minimum atomic E-state index is -1.80. The zero-order chi connectivity index (χ0) is 54.6. The second-order valence-corrected chi connectivity index (χ2v) is 20.4. The van der Waals surface area contributed by atoms with Crippen molar-refractivity contribution in [2.75, 3.05) is 19.8 Å². The third-order valence-corrected chi connectivity index (χ3v) is 13.8. The van der Waals surface area contributed by atoms with Gasteiger partial charge in [0, 0.05) is 6.42 Å². The van der Waals surface area contributed by atoms with Crippen molar-refractivity contribution in [3.63, 3.8) is 0 Å². The van der Waals surface area contributed by atoms with Crippen LogP contribution in [0.1, 0.15) is 200 Å². The maximum absolute atomic E-state index is 13.2. The van der Waals surface area contributed by atoms with Crippen LogP contribution in [0.15, 0.2) is 85.1 Å². The van der Waals surface area contributed by atoms with Gasteiger partial charge in [-0.15, -0.1) is 0 Å². The Hall–Kier alpha value is -2.83. The summed E-state index contributed by atoms with van der Waals surface area (Å²) in [4.78, 5) is 13.2. The highest BCUT2D eigenvalue weighted by atomic mass is 16.7. The van der Waals surface area contributed by atoms with E-state index in [1.165, 1.54) is 77.0 Å². The Bertz CT molecular complexity index is 1580. The number of carbonyl (C=O) groups is 1. The van der Waals surface area contributed by atoms with Crippen LogP contribution in [-0.4, -0.2) is 140 Å². The average molecular weight is 1060 g/mol. The lowest BCUT2D eigenvalue weighted by Gasteiger charge is -2.46. The van der Waals surface area contributed by atoms with Crippen LogP contribution in [0, 0.1) is 0 Å². The van der Waals surface area contributed by atoms with Gasteiger partial charge in [-0.2, -0.15) is 0 Å². The summed E-state index contributed by atoms with van der Waals surface area (Å²) < 4.78 is 22.7. The lowest BCUT2D eigenvalue weighted by Crippen LogP contribution is -2.65. The smallest absolute Gasteiger partial charge is 0.220 e. The molecule has 2 heterocycles. The number of aliphatic hydroxyl groups excluding tert-OH is 8. The molecule has 12 unspecified atom stereocenters. The molecule has 0 aromatic rings. The molecule has 75 heavy (non-hydrogen) atoms. The third kappa shape index (κ3) is 32.0. The summed E-state index contributed by atoms with van der Waals surface area (Å²) in [6.07, 6.45) is 44.7. The summed E-state index contributed by atoms with van der Waals surface area (Å²) in [6, 6.07) is -0.951. The topological polar surface area (TPSA) is 228 Å². The van der Waals surface area contributed by atoms with Crippen molar-refractivity contribution in [1.29, 1.82) is 0 Å². The van der Waals surface area contributed by atoms with Crippen LogP contribution in [0.2, 0.25) is 0 Å². The molecule has 0 spiro atoms. The molecule has 12 atom stereocenters. The van der Waals surface area contributed by atoms with E-state index in [1.54, 1.807) is 6.08 Å². The van der Waals surface area contributed by atoms with E-state index in [0.717, 1.165) is 89.9 Å². The zero-order valence-electron chi connectivity index (χ0n) is 46.3. The molecule has 2 aliphatic rings. The first-order chi connectivity index (χ1) is 36.6. The summed E-state index contributed by atoms with van der Waals surface area (Å²) in [6.45, 7) is 2.64. The van der Waals surface area contributed by atoms with Gasteiger partial charge < -0.3 is 65.1 Å². The number of aliphatic hydroxyl groups is 8. The summed E-state index contributed by atoms with van der Waals surface area (Å²) in [5.41, 5.74) is 0. The number of unbranched alkanes of at least 4 members (excludes halogenated alkanes) is 20. The third-order valence-electron chi connectivity index (χ3n) is 13.8. The first kappa shape index (κ1) is 68.3. The van der Waals surface area contributed by atoms with Crippen molar-refractivity contribution >= 4 is 5.91 Å². The number of hydrogen-bond donors (Lipinski definition) is 9. The Morgan fingerprint density at radius 1 is 0.493 bits per heavy atom. The molecule has 9 N–H and O–H groups in total. The quantitative estimate of drug-likeness (QED) is 0.0205. The van der Waals surface area contributed by atoms with Gasteiger partial charge in [-0.25, -0.2) is 0 Å². The van der Waals surface area contributed by atoms with Crippen molar-refractivity contribution < 1.29 is 64.6 Å². The van der Waals surface area contributed by atoms with Crippen LogP contribution in [0.3, 0.4) is 0 Å². The maximum Gasteiger partial charge on any atom is 0.220 e. The van der Waals surface area contributed by atoms with E-state index in [-0.39, 0.29) is 18.9 Å². The van der Waals surface area contributed by atoms with Crippen molar-refractivity contribution in [3.05, 3.63) is 85.1 Å². The van der Waals surface area contributed by atoms with Crippen LogP contribution < -0.4 is 5.32 Å². The van der Waals surface area contributed by atoms with Gasteiger partial charge in [-0.05, 0) is 83.5 Å². The van der Waals surface area contributed by atoms with E-state index in [0.29, 0.717) is 12.8 Å². The highest BCUT2D eigenvalue weighted by Gasteiger charge is 2.51. The van der Waals surface area contributed by atoms with Crippen LogP contribution in [0.25, 0.3) is 0 Å². The summed E-state index contributed by atoms with van der Waals surface area (Å²) >= 11 is 0. The van der Waals surface area contributed by atoms with Crippen molar-refractivity contribution in [1.82, 2.24) is 5.32 Å². The number of amides is 1. The lowest BCUT2D eigenvalue weighted by atomic mass is 9.97. The molecule has 0 saturated carbocycles. The predicted molar refractivity (Wildman–Crippen MR) is 300 cm³/mol. The number of rotatable bonds is 45. The molecular weight excluding hydrogens is 955 g/mol. The Balaban J connectivity index is 1.82. The molecule has 1 amide bonds. The fraction of sp³-hybridized carbons (Fsp3) is 0.754. The molecular formula is C61H105NO13. The van der Waals surface area contributed by atoms with Crippen molar-refractivity contribution in [2.24, 2.45) is 0 Å². The molecule has 0 bridgehead atoms. The fourth-order valence-electron chi connectivity index (χ4n) is 9.08. The van der Waals surface area contributed by atoms with E-state index >= 15 is 0 Å². The SMILES string of the molecule is CC/C=C\C/C=C\C/C=C\C/C=C\CCCCCCCCC(=O)NC(COC1OC(CO)C(OC2OC(CO)C(O)C(O)C2O)C(O)C1O)C(O)/C=C/CC/C=C/CC/C=C/CCCCCCCCCCCCCC. The van der Waals surface area contributed by atoms with Crippen molar-refractivity contribution in [3.8, 4) is 0 Å². The first-order valence-corrected chi connectivity index (χ1v) is 29.3. The van der Waals surface area contributed by atoms with Crippen LogP contribution >= 0.6 is 0 Å². The Labute approximate surface area is 452 Å². The molecule has 0 aromatic carbocycles. The molecule has 0 aromatic heterocycles. The number of ether oxygens (including phenoxy) is 4. The highest BCUT2D eigenvalue weighted by molar-refractivity contribution is 5.76. The molecule has 432 valence electrons. The Kier molecular flexibility index (Phi) is 42.0. The summed E-state index contributed by atoms with van der Waals surface area (Å²) in [5, 5.41) is 87.0. The van der Waals surface area contributed by atoms with Crippen LogP contribution in [-0.2, 0) is 23.7 Å². The van der Waals surface area contributed by atoms with Gasteiger partial charge in [-0.3, -0.25) is 4.79 Å². The predicted octanol–water partition coefficient (Wildman–Crippen LogP) is 9.72. The standard InChI is InChI=1S/C61H105NO13/c1-3-5-7-9-11-13-15-17-19-21-23-24-25-27-28-30-32-34-36-38-40-42-44-50(65)49(62-53(66)45-43-41-39-37-35-33-31-29-26-22-20-18-16-14-12-10-8-6-4-2)48-72-60-58(71)56(69)59(52(47-64)74-60)75-61-57(70)55(68)54(67)51(46-63)73-61/h6,8,12,14,18,20,26-29,34,36,42,44,49-52,54-61,63-65,67-71H,3-5,7,9-11,13,15-17,19,21-25,30-33,35,37-41,43,45-48H2,1-2H3,(H,62,66)/b8-6-,14-12-,20-18-,28-27+,29-26-,36-34+,44-42+. The monoisotopic (exact) mass is 1060 g/mol.